The lowest BCUT2D eigenvalue weighted by Gasteiger charge is -2.16. The molecule has 0 aliphatic carbocycles. The van der Waals surface area contributed by atoms with Gasteiger partial charge in [-0.05, 0) is 6.92 Å². The number of aliphatic carboxylic acids is 1. The highest BCUT2D eigenvalue weighted by Gasteiger charge is 2.19. The highest BCUT2D eigenvalue weighted by atomic mass is 16.4. The van der Waals surface area contributed by atoms with E-state index < -0.39 is 18.0 Å². The predicted molar refractivity (Wildman–Crippen MR) is 57.7 cm³/mol. The second-order valence-electron chi connectivity index (χ2n) is 3.33. The Balaban J connectivity index is 4.10. The number of aliphatic hydroxyl groups is 1. The number of hydrogen-bond donors (Lipinski definition) is 4. The summed E-state index contributed by atoms with van der Waals surface area (Å²) >= 11 is 0. The molecular formula is C10H16N2O4. The molecule has 0 saturated heterocycles. The molecule has 0 aromatic carbocycles. The van der Waals surface area contributed by atoms with Crippen LogP contribution in [0, 0.1) is 12.3 Å². The van der Waals surface area contributed by atoms with E-state index >= 15 is 0 Å². The Morgan fingerprint density at radius 2 is 2.06 bits per heavy atom. The molecule has 0 bridgehead atoms. The standard InChI is InChI=1S/C10H16N2O4/c1-3-4-7(2)11-10(16)12-8(5-6-13)9(14)15/h1,7-8,13H,4-6H2,2H3,(H,14,15)(H2,11,12,16)/t7?,8-/m0/s1. The molecule has 0 saturated carbocycles. The Labute approximate surface area is 94.0 Å². The maximum Gasteiger partial charge on any atom is 0.326 e. The minimum atomic E-state index is -1.19. The van der Waals surface area contributed by atoms with Crippen LogP contribution in [0.5, 0.6) is 0 Å². The molecule has 0 aliphatic heterocycles. The topological polar surface area (TPSA) is 98.7 Å². The molecule has 6 heteroatoms. The summed E-state index contributed by atoms with van der Waals surface area (Å²) in [6.45, 7) is 1.40. The fourth-order valence-corrected chi connectivity index (χ4v) is 1.04. The average Bonchev–Trinajstić information content (AvgIpc) is 2.16. The van der Waals surface area contributed by atoms with Gasteiger partial charge >= 0.3 is 12.0 Å². The third-order valence-corrected chi connectivity index (χ3v) is 1.82. The Bertz CT molecular complexity index is 285. The molecule has 4 N–H and O–H groups in total. The van der Waals surface area contributed by atoms with E-state index in [0.717, 1.165) is 0 Å². The number of amides is 2. The Kier molecular flexibility index (Phi) is 6.72. The molecule has 0 heterocycles. The molecule has 16 heavy (non-hydrogen) atoms. The lowest BCUT2D eigenvalue weighted by Crippen LogP contribution is -2.48. The average molecular weight is 228 g/mol. The van der Waals surface area contributed by atoms with Gasteiger partial charge in [0.05, 0.1) is 0 Å². The van der Waals surface area contributed by atoms with Crippen LogP contribution in [-0.4, -0.2) is 40.9 Å². The fourth-order valence-electron chi connectivity index (χ4n) is 1.04. The molecule has 0 spiro atoms. The van der Waals surface area contributed by atoms with E-state index in [0.29, 0.717) is 6.42 Å². The van der Waals surface area contributed by atoms with Crippen molar-refractivity contribution in [2.45, 2.75) is 31.8 Å². The van der Waals surface area contributed by atoms with Crippen molar-refractivity contribution in [1.29, 1.82) is 0 Å². The van der Waals surface area contributed by atoms with Gasteiger partial charge in [-0.3, -0.25) is 0 Å². The van der Waals surface area contributed by atoms with Gasteiger partial charge in [-0.1, -0.05) is 0 Å². The first-order chi connectivity index (χ1) is 7.51. The molecule has 90 valence electrons. The largest absolute Gasteiger partial charge is 0.480 e. The summed E-state index contributed by atoms with van der Waals surface area (Å²) in [7, 11) is 0. The van der Waals surface area contributed by atoms with E-state index in [9.17, 15) is 9.59 Å². The van der Waals surface area contributed by atoms with E-state index in [-0.39, 0.29) is 19.1 Å². The van der Waals surface area contributed by atoms with Gasteiger partial charge < -0.3 is 20.8 Å². The van der Waals surface area contributed by atoms with Crippen LogP contribution in [-0.2, 0) is 4.79 Å². The summed E-state index contributed by atoms with van der Waals surface area (Å²) in [6, 6.07) is -1.93. The summed E-state index contributed by atoms with van der Waals surface area (Å²) < 4.78 is 0. The second kappa shape index (κ2) is 7.54. The zero-order valence-electron chi connectivity index (χ0n) is 9.06. The summed E-state index contributed by atoms with van der Waals surface area (Å²) in [4.78, 5) is 21.9. The van der Waals surface area contributed by atoms with Gasteiger partial charge in [0.15, 0.2) is 0 Å². The lowest BCUT2D eigenvalue weighted by molar-refractivity contribution is -0.139. The predicted octanol–water partition coefficient (Wildman–Crippen LogP) is -0.467. The van der Waals surface area contributed by atoms with Gasteiger partial charge in [-0.25, -0.2) is 9.59 Å². The minimum Gasteiger partial charge on any atom is -0.480 e. The number of nitrogens with one attached hydrogen (secondary N) is 2. The number of carboxylic acids is 1. The van der Waals surface area contributed by atoms with Crippen molar-refractivity contribution < 1.29 is 19.8 Å². The first-order valence-corrected chi connectivity index (χ1v) is 4.85. The number of terminal acetylenes is 1. The van der Waals surface area contributed by atoms with Crippen molar-refractivity contribution in [1.82, 2.24) is 10.6 Å². The SMILES string of the molecule is C#CCC(C)NC(=O)N[C@@H](CCO)C(=O)O. The van der Waals surface area contributed by atoms with Crippen LogP contribution in [0.2, 0.25) is 0 Å². The van der Waals surface area contributed by atoms with Crippen LogP contribution >= 0.6 is 0 Å². The number of carboxylic acid groups (broad SMARTS) is 1. The molecule has 0 radical (unpaired) electrons. The molecule has 0 fully saturated rings. The molecule has 6 nitrogen and oxygen atoms in total. The summed E-state index contributed by atoms with van der Waals surface area (Å²) in [5.41, 5.74) is 0. The number of rotatable bonds is 6. The van der Waals surface area contributed by atoms with Crippen LogP contribution in [0.3, 0.4) is 0 Å². The monoisotopic (exact) mass is 228 g/mol. The second-order valence-corrected chi connectivity index (χ2v) is 3.33. The smallest absolute Gasteiger partial charge is 0.326 e. The Morgan fingerprint density at radius 3 is 2.50 bits per heavy atom. The van der Waals surface area contributed by atoms with Gasteiger partial charge in [0, 0.05) is 25.5 Å². The molecule has 0 aliphatic rings. The van der Waals surface area contributed by atoms with Crippen molar-refractivity contribution in [3.05, 3.63) is 0 Å². The van der Waals surface area contributed by atoms with Gasteiger partial charge in [0.2, 0.25) is 0 Å². The summed E-state index contributed by atoms with van der Waals surface area (Å²) in [5, 5.41) is 22.0. The number of aliphatic hydroxyl groups excluding tert-OH is 1. The normalized spacial score (nSPS) is 13.3. The maximum absolute atomic E-state index is 11.3. The molecule has 0 aromatic heterocycles. The first kappa shape index (κ1) is 14.3. The van der Waals surface area contributed by atoms with Crippen molar-refractivity contribution in [3.63, 3.8) is 0 Å². The molecule has 1 unspecified atom stereocenters. The van der Waals surface area contributed by atoms with E-state index in [2.05, 4.69) is 16.6 Å². The zero-order valence-corrected chi connectivity index (χ0v) is 9.06. The third kappa shape index (κ3) is 5.88. The van der Waals surface area contributed by atoms with Crippen LogP contribution in [0.15, 0.2) is 0 Å². The van der Waals surface area contributed by atoms with E-state index in [4.69, 9.17) is 16.6 Å². The van der Waals surface area contributed by atoms with Gasteiger partial charge in [-0.2, -0.15) is 0 Å². The minimum absolute atomic E-state index is 0.0354. The van der Waals surface area contributed by atoms with Crippen molar-refractivity contribution >= 4 is 12.0 Å². The highest BCUT2D eigenvalue weighted by Crippen LogP contribution is 1.93. The first-order valence-electron chi connectivity index (χ1n) is 4.85. The van der Waals surface area contributed by atoms with Crippen LogP contribution in [0.1, 0.15) is 19.8 Å². The lowest BCUT2D eigenvalue weighted by atomic mass is 10.2. The van der Waals surface area contributed by atoms with Crippen molar-refractivity contribution in [2.75, 3.05) is 6.61 Å². The van der Waals surface area contributed by atoms with Crippen molar-refractivity contribution in [3.8, 4) is 12.3 Å². The third-order valence-electron chi connectivity index (χ3n) is 1.82. The molecule has 2 atom stereocenters. The number of carbonyl (C=O) groups excluding carboxylic acids is 1. The number of hydrogen-bond acceptors (Lipinski definition) is 3. The molecular weight excluding hydrogens is 212 g/mol. The number of urea groups is 1. The van der Waals surface area contributed by atoms with E-state index in [1.807, 2.05) is 0 Å². The van der Waals surface area contributed by atoms with E-state index in [1.54, 1.807) is 6.92 Å². The molecule has 0 rings (SSSR count). The van der Waals surface area contributed by atoms with Crippen molar-refractivity contribution in [2.24, 2.45) is 0 Å². The summed E-state index contributed by atoms with van der Waals surface area (Å²) in [5.74, 6) is 1.19. The molecule has 2 amide bonds. The van der Waals surface area contributed by atoms with Crippen LogP contribution in [0.4, 0.5) is 4.79 Å². The highest BCUT2D eigenvalue weighted by molar-refractivity contribution is 5.82. The Hall–Kier alpha value is -1.74. The van der Waals surface area contributed by atoms with Gasteiger partial charge in [0.25, 0.3) is 0 Å². The van der Waals surface area contributed by atoms with Crippen LogP contribution < -0.4 is 10.6 Å². The quantitative estimate of drug-likeness (QED) is 0.462. The number of carbonyl (C=O) groups is 2. The maximum atomic E-state index is 11.3. The van der Waals surface area contributed by atoms with Crippen LogP contribution in [0.25, 0.3) is 0 Å². The van der Waals surface area contributed by atoms with Gasteiger partial charge in [0.1, 0.15) is 6.04 Å². The fraction of sp³-hybridized carbons (Fsp3) is 0.600. The van der Waals surface area contributed by atoms with Gasteiger partial charge in [-0.15, -0.1) is 12.3 Å². The molecule has 0 aromatic rings. The summed E-state index contributed by atoms with van der Waals surface area (Å²) in [6.07, 6.45) is 5.38. The van der Waals surface area contributed by atoms with E-state index in [1.165, 1.54) is 0 Å². The zero-order chi connectivity index (χ0) is 12.6. The Morgan fingerprint density at radius 1 is 1.44 bits per heavy atom.